The highest BCUT2D eigenvalue weighted by Gasteiger charge is 2.15. The molecule has 0 atom stereocenters. The highest BCUT2D eigenvalue weighted by Crippen LogP contribution is 2.11. The number of ether oxygens (including phenoxy) is 1. The first-order valence-corrected chi connectivity index (χ1v) is 5.61. The lowest BCUT2D eigenvalue weighted by atomic mass is 10.2. The molecule has 0 radical (unpaired) electrons. The minimum absolute atomic E-state index is 0.0582. The van der Waals surface area contributed by atoms with Crippen molar-refractivity contribution in [3.8, 4) is 0 Å². The summed E-state index contributed by atoms with van der Waals surface area (Å²) in [5.41, 5.74) is 0.721. The first-order chi connectivity index (χ1) is 8.56. The van der Waals surface area contributed by atoms with Crippen LogP contribution in [0.2, 0.25) is 0 Å². The number of rotatable bonds is 6. The van der Waals surface area contributed by atoms with Crippen LogP contribution in [0.25, 0.3) is 0 Å². The van der Waals surface area contributed by atoms with Crippen molar-refractivity contribution in [3.05, 3.63) is 23.7 Å². The summed E-state index contributed by atoms with van der Waals surface area (Å²) >= 11 is 0. The molecule has 6 nitrogen and oxygen atoms in total. The molecule has 1 heterocycles. The maximum absolute atomic E-state index is 11.3. The molecule has 0 aromatic carbocycles. The van der Waals surface area contributed by atoms with Gasteiger partial charge in [-0.2, -0.15) is 0 Å². The Hall–Kier alpha value is -1.82. The SMILES string of the molecule is COC(=O)c1occc1CNCCC(=O)N(C)C. The molecule has 0 aliphatic rings. The number of hydrogen-bond acceptors (Lipinski definition) is 5. The fraction of sp³-hybridized carbons (Fsp3) is 0.500. The maximum Gasteiger partial charge on any atom is 0.374 e. The summed E-state index contributed by atoms with van der Waals surface area (Å²) in [6.07, 6.45) is 1.85. The summed E-state index contributed by atoms with van der Waals surface area (Å²) in [7, 11) is 4.74. The second kappa shape index (κ2) is 6.80. The van der Waals surface area contributed by atoms with E-state index in [1.807, 2.05) is 0 Å². The third-order valence-electron chi connectivity index (χ3n) is 2.45. The number of carbonyl (C=O) groups is 2. The lowest BCUT2D eigenvalue weighted by molar-refractivity contribution is -0.128. The van der Waals surface area contributed by atoms with E-state index < -0.39 is 5.97 Å². The van der Waals surface area contributed by atoms with E-state index in [4.69, 9.17) is 4.42 Å². The molecule has 0 spiro atoms. The number of nitrogens with zero attached hydrogens (tertiary/aromatic N) is 1. The monoisotopic (exact) mass is 254 g/mol. The largest absolute Gasteiger partial charge is 0.463 e. The zero-order valence-electron chi connectivity index (χ0n) is 10.9. The average Bonchev–Trinajstić information content (AvgIpc) is 2.81. The highest BCUT2D eigenvalue weighted by atomic mass is 16.5. The Bertz CT molecular complexity index is 412. The number of furan rings is 1. The van der Waals surface area contributed by atoms with Crippen molar-refractivity contribution < 1.29 is 18.7 Å². The van der Waals surface area contributed by atoms with Gasteiger partial charge in [0.1, 0.15) is 0 Å². The van der Waals surface area contributed by atoms with Crippen molar-refractivity contribution in [2.75, 3.05) is 27.7 Å². The third kappa shape index (κ3) is 3.89. The number of esters is 1. The molecule has 18 heavy (non-hydrogen) atoms. The van der Waals surface area contributed by atoms with Gasteiger partial charge in [0, 0.05) is 39.2 Å². The van der Waals surface area contributed by atoms with Gasteiger partial charge < -0.3 is 19.4 Å². The topological polar surface area (TPSA) is 71.8 Å². The Kier molecular flexibility index (Phi) is 5.38. The van der Waals surface area contributed by atoms with Crippen LogP contribution in [0.15, 0.2) is 16.7 Å². The van der Waals surface area contributed by atoms with E-state index in [0.29, 0.717) is 19.5 Å². The van der Waals surface area contributed by atoms with E-state index in [0.717, 1.165) is 5.56 Å². The van der Waals surface area contributed by atoms with Gasteiger partial charge >= 0.3 is 5.97 Å². The average molecular weight is 254 g/mol. The van der Waals surface area contributed by atoms with Gasteiger partial charge in [0.15, 0.2) is 0 Å². The summed E-state index contributed by atoms with van der Waals surface area (Å²) in [6, 6.07) is 1.70. The van der Waals surface area contributed by atoms with E-state index in [1.54, 1.807) is 25.1 Å². The number of hydrogen-bond donors (Lipinski definition) is 1. The molecule has 1 amide bonds. The van der Waals surface area contributed by atoms with Crippen LogP contribution in [0.4, 0.5) is 0 Å². The molecule has 0 aliphatic carbocycles. The van der Waals surface area contributed by atoms with Crippen LogP contribution in [0.5, 0.6) is 0 Å². The molecule has 0 unspecified atom stereocenters. The molecule has 100 valence electrons. The molecule has 1 N–H and O–H groups in total. The molecule has 1 rings (SSSR count). The molecule has 1 aromatic rings. The quantitative estimate of drug-likeness (QED) is 0.595. The maximum atomic E-state index is 11.3. The van der Waals surface area contributed by atoms with Crippen molar-refractivity contribution in [3.63, 3.8) is 0 Å². The van der Waals surface area contributed by atoms with E-state index in [9.17, 15) is 9.59 Å². The van der Waals surface area contributed by atoms with Gasteiger partial charge in [-0.25, -0.2) is 4.79 Å². The first kappa shape index (κ1) is 14.2. The summed E-state index contributed by atoms with van der Waals surface area (Å²) in [6.45, 7) is 1.00. The molecular formula is C12H18N2O4. The summed E-state index contributed by atoms with van der Waals surface area (Å²) in [5, 5.41) is 3.08. The van der Waals surface area contributed by atoms with Gasteiger partial charge in [-0.15, -0.1) is 0 Å². The van der Waals surface area contributed by atoms with Crippen LogP contribution in [0.1, 0.15) is 22.5 Å². The number of methoxy groups -OCH3 is 1. The second-order valence-electron chi connectivity index (χ2n) is 3.98. The fourth-order valence-electron chi connectivity index (χ4n) is 1.39. The number of amides is 1. The van der Waals surface area contributed by atoms with Crippen LogP contribution in [0.3, 0.4) is 0 Å². The van der Waals surface area contributed by atoms with Crippen molar-refractivity contribution in [2.24, 2.45) is 0 Å². The number of carbonyl (C=O) groups excluding carboxylic acids is 2. The molecule has 0 aliphatic heterocycles. The zero-order chi connectivity index (χ0) is 13.5. The van der Waals surface area contributed by atoms with Crippen LogP contribution in [0, 0.1) is 0 Å². The van der Waals surface area contributed by atoms with Crippen LogP contribution in [-0.2, 0) is 16.1 Å². The molecule has 0 bridgehead atoms. The standard InChI is InChI=1S/C12H18N2O4/c1-14(2)10(15)4-6-13-8-9-5-7-18-11(9)12(16)17-3/h5,7,13H,4,6,8H2,1-3H3. The predicted octanol–water partition coefficient (Wildman–Crippen LogP) is 0.634. The lowest BCUT2D eigenvalue weighted by Gasteiger charge is -2.10. The van der Waals surface area contributed by atoms with Crippen molar-refractivity contribution in [1.29, 1.82) is 0 Å². The van der Waals surface area contributed by atoms with E-state index >= 15 is 0 Å². The Labute approximate surface area is 106 Å². The fourth-order valence-corrected chi connectivity index (χ4v) is 1.39. The Balaban J connectivity index is 2.38. The zero-order valence-corrected chi connectivity index (χ0v) is 10.9. The molecule has 1 aromatic heterocycles. The Morgan fingerprint density at radius 2 is 2.17 bits per heavy atom. The molecule has 6 heteroatoms. The van der Waals surface area contributed by atoms with E-state index in [-0.39, 0.29) is 11.7 Å². The molecule has 0 saturated heterocycles. The van der Waals surface area contributed by atoms with Gasteiger partial charge in [-0.3, -0.25) is 4.79 Å². The van der Waals surface area contributed by atoms with E-state index in [2.05, 4.69) is 10.1 Å². The summed E-state index contributed by atoms with van der Waals surface area (Å²) < 4.78 is 9.63. The highest BCUT2D eigenvalue weighted by molar-refractivity contribution is 5.87. The minimum Gasteiger partial charge on any atom is -0.463 e. The van der Waals surface area contributed by atoms with Gasteiger partial charge in [-0.1, -0.05) is 0 Å². The van der Waals surface area contributed by atoms with E-state index in [1.165, 1.54) is 13.4 Å². The van der Waals surface area contributed by atoms with Gasteiger partial charge in [0.25, 0.3) is 0 Å². The van der Waals surface area contributed by atoms with Crippen molar-refractivity contribution in [1.82, 2.24) is 10.2 Å². The van der Waals surface area contributed by atoms with Crippen molar-refractivity contribution in [2.45, 2.75) is 13.0 Å². The molecular weight excluding hydrogens is 236 g/mol. The van der Waals surface area contributed by atoms with Crippen LogP contribution < -0.4 is 5.32 Å². The van der Waals surface area contributed by atoms with Gasteiger partial charge in [-0.05, 0) is 6.07 Å². The van der Waals surface area contributed by atoms with Crippen LogP contribution in [-0.4, -0.2) is 44.5 Å². The summed E-state index contributed by atoms with van der Waals surface area (Å²) in [4.78, 5) is 24.2. The number of nitrogens with one attached hydrogen (secondary N) is 1. The Morgan fingerprint density at radius 1 is 1.44 bits per heavy atom. The second-order valence-corrected chi connectivity index (χ2v) is 3.98. The molecule has 0 fully saturated rings. The summed E-state index contributed by atoms with van der Waals surface area (Å²) in [5.74, 6) is -0.243. The smallest absolute Gasteiger partial charge is 0.374 e. The van der Waals surface area contributed by atoms with Gasteiger partial charge in [0.05, 0.1) is 13.4 Å². The Morgan fingerprint density at radius 3 is 2.78 bits per heavy atom. The van der Waals surface area contributed by atoms with Gasteiger partial charge in [0.2, 0.25) is 11.7 Å². The van der Waals surface area contributed by atoms with Crippen LogP contribution >= 0.6 is 0 Å². The normalized spacial score (nSPS) is 10.2. The molecule has 0 saturated carbocycles. The van der Waals surface area contributed by atoms with Crippen molar-refractivity contribution >= 4 is 11.9 Å². The third-order valence-corrected chi connectivity index (χ3v) is 2.45. The first-order valence-electron chi connectivity index (χ1n) is 5.61. The minimum atomic E-state index is -0.499. The predicted molar refractivity (Wildman–Crippen MR) is 65.1 cm³/mol. The lowest BCUT2D eigenvalue weighted by Crippen LogP contribution is -2.26.